The van der Waals surface area contributed by atoms with Crippen molar-refractivity contribution in [2.75, 3.05) is 52.5 Å². The monoisotopic (exact) mass is 416 g/mol. The molecule has 0 spiro atoms. The maximum atomic E-state index is 13.6. The number of morpholine rings is 1. The van der Waals surface area contributed by atoms with Crippen LogP contribution in [-0.4, -0.2) is 63.6 Å². The lowest BCUT2D eigenvalue weighted by Crippen LogP contribution is -2.50. The van der Waals surface area contributed by atoms with Gasteiger partial charge in [0, 0.05) is 18.7 Å². The van der Waals surface area contributed by atoms with Crippen molar-refractivity contribution in [3.8, 4) is 17.2 Å². The summed E-state index contributed by atoms with van der Waals surface area (Å²) in [5.74, 6) is 0.946. The summed E-state index contributed by atoms with van der Waals surface area (Å²) < 4.78 is 21.6. The van der Waals surface area contributed by atoms with E-state index in [4.69, 9.17) is 31.2 Å². The lowest BCUT2D eigenvalue weighted by Gasteiger charge is -2.34. The maximum absolute atomic E-state index is 13.6. The van der Waals surface area contributed by atoms with Crippen molar-refractivity contribution in [1.29, 1.82) is 0 Å². The zero-order valence-corrected chi connectivity index (χ0v) is 17.5. The SMILES string of the molecule is COc1cc(C(=O)N(C(=S)N2CCOCC2)c2ccccc2)cc(OC)c1OC. The molecule has 0 aliphatic carbocycles. The second-order valence-corrected chi connectivity index (χ2v) is 6.64. The first-order valence-corrected chi connectivity index (χ1v) is 9.57. The minimum absolute atomic E-state index is 0.285. The Labute approximate surface area is 175 Å². The number of benzene rings is 2. The van der Waals surface area contributed by atoms with Gasteiger partial charge in [0.2, 0.25) is 5.75 Å². The normalized spacial score (nSPS) is 13.6. The molecule has 1 heterocycles. The number of ether oxygens (including phenoxy) is 4. The number of carbonyl (C=O) groups is 1. The highest BCUT2D eigenvalue weighted by atomic mass is 32.1. The second-order valence-electron chi connectivity index (χ2n) is 6.27. The van der Waals surface area contributed by atoms with E-state index in [0.717, 1.165) is 0 Å². The number of hydrogen-bond donors (Lipinski definition) is 0. The van der Waals surface area contributed by atoms with E-state index in [1.807, 2.05) is 35.2 Å². The van der Waals surface area contributed by atoms with Gasteiger partial charge in [-0.1, -0.05) is 18.2 Å². The Bertz CT molecular complexity index is 844. The molecule has 7 nitrogen and oxygen atoms in total. The number of anilines is 1. The molecule has 0 aromatic heterocycles. The molecule has 1 saturated heterocycles. The van der Waals surface area contributed by atoms with Crippen molar-refractivity contribution < 1.29 is 23.7 Å². The first-order chi connectivity index (χ1) is 14.1. The third-order valence-corrected chi connectivity index (χ3v) is 5.04. The number of methoxy groups -OCH3 is 3. The molecule has 0 N–H and O–H groups in total. The van der Waals surface area contributed by atoms with Crippen molar-refractivity contribution in [2.45, 2.75) is 0 Å². The summed E-state index contributed by atoms with van der Waals surface area (Å²) in [6, 6.07) is 12.6. The van der Waals surface area contributed by atoms with Gasteiger partial charge in [-0.25, -0.2) is 0 Å². The minimum Gasteiger partial charge on any atom is -0.493 e. The number of carbonyl (C=O) groups excluding carboxylic acids is 1. The molecule has 0 bridgehead atoms. The van der Waals surface area contributed by atoms with Crippen LogP contribution in [0.5, 0.6) is 17.2 Å². The number of hydrogen-bond acceptors (Lipinski definition) is 6. The Morgan fingerprint density at radius 2 is 1.59 bits per heavy atom. The van der Waals surface area contributed by atoms with Crippen molar-refractivity contribution in [3.05, 3.63) is 48.0 Å². The van der Waals surface area contributed by atoms with E-state index >= 15 is 0 Å². The van der Waals surface area contributed by atoms with Gasteiger partial charge in [0.1, 0.15) is 0 Å². The highest BCUT2D eigenvalue weighted by Gasteiger charge is 2.28. The molecule has 0 saturated carbocycles. The quantitative estimate of drug-likeness (QED) is 0.695. The van der Waals surface area contributed by atoms with Crippen molar-refractivity contribution >= 4 is 28.9 Å². The van der Waals surface area contributed by atoms with Crippen molar-refractivity contribution in [3.63, 3.8) is 0 Å². The summed E-state index contributed by atoms with van der Waals surface area (Å²) in [4.78, 5) is 17.1. The fourth-order valence-electron chi connectivity index (χ4n) is 3.12. The standard InChI is InChI=1S/C21H24N2O5S/c1-25-17-13-15(14-18(26-2)19(17)27-3)20(24)23(16-7-5-4-6-8-16)21(29)22-9-11-28-12-10-22/h4-8,13-14H,9-12H2,1-3H3. The Balaban J connectivity index is 2.04. The van der Waals surface area contributed by atoms with Crippen LogP contribution in [0.1, 0.15) is 10.4 Å². The Morgan fingerprint density at radius 1 is 1.00 bits per heavy atom. The molecule has 0 unspecified atom stereocenters. The number of para-hydroxylation sites is 1. The van der Waals surface area contributed by atoms with E-state index in [2.05, 4.69) is 0 Å². The first-order valence-electron chi connectivity index (χ1n) is 9.16. The molecule has 1 aliphatic heterocycles. The molecule has 29 heavy (non-hydrogen) atoms. The molecule has 0 radical (unpaired) electrons. The smallest absolute Gasteiger partial charge is 0.264 e. The van der Waals surface area contributed by atoms with Gasteiger partial charge in [-0.05, 0) is 36.5 Å². The molecule has 2 aromatic rings. The van der Waals surface area contributed by atoms with Crippen LogP contribution in [0.4, 0.5) is 5.69 Å². The number of rotatable bonds is 5. The van der Waals surface area contributed by atoms with E-state index in [0.29, 0.717) is 59.9 Å². The van der Waals surface area contributed by atoms with Crippen LogP contribution in [-0.2, 0) is 4.74 Å². The zero-order valence-electron chi connectivity index (χ0n) is 16.7. The number of amides is 1. The Morgan fingerprint density at radius 3 is 2.10 bits per heavy atom. The Kier molecular flexibility index (Phi) is 6.90. The van der Waals surface area contributed by atoms with Crippen LogP contribution in [0.25, 0.3) is 0 Å². The molecular weight excluding hydrogens is 392 g/mol. The fraction of sp³-hybridized carbons (Fsp3) is 0.333. The molecular formula is C21H24N2O5S. The lowest BCUT2D eigenvalue weighted by molar-refractivity contribution is 0.0678. The van der Waals surface area contributed by atoms with Crippen LogP contribution in [0.3, 0.4) is 0 Å². The van der Waals surface area contributed by atoms with E-state index in [9.17, 15) is 4.79 Å². The van der Waals surface area contributed by atoms with Gasteiger partial charge >= 0.3 is 0 Å². The molecule has 0 atom stereocenters. The van der Waals surface area contributed by atoms with Crippen LogP contribution < -0.4 is 19.1 Å². The van der Waals surface area contributed by atoms with Gasteiger partial charge in [-0.3, -0.25) is 9.69 Å². The molecule has 2 aromatic carbocycles. The minimum atomic E-state index is -0.285. The van der Waals surface area contributed by atoms with Gasteiger partial charge in [0.05, 0.1) is 40.2 Å². The molecule has 154 valence electrons. The third kappa shape index (κ3) is 4.44. The molecule has 1 amide bonds. The van der Waals surface area contributed by atoms with Crippen LogP contribution >= 0.6 is 12.2 Å². The first kappa shape index (κ1) is 20.9. The van der Waals surface area contributed by atoms with Gasteiger partial charge in [-0.15, -0.1) is 0 Å². The van der Waals surface area contributed by atoms with E-state index in [1.165, 1.54) is 26.2 Å². The van der Waals surface area contributed by atoms with Crippen molar-refractivity contribution in [1.82, 2.24) is 4.90 Å². The second kappa shape index (κ2) is 9.58. The summed E-state index contributed by atoms with van der Waals surface area (Å²) in [6.07, 6.45) is 0. The fourth-order valence-corrected chi connectivity index (χ4v) is 3.49. The number of nitrogens with zero attached hydrogens (tertiary/aromatic N) is 2. The zero-order chi connectivity index (χ0) is 20.8. The van der Waals surface area contributed by atoms with E-state index < -0.39 is 0 Å². The van der Waals surface area contributed by atoms with Crippen LogP contribution in [0.15, 0.2) is 42.5 Å². The largest absolute Gasteiger partial charge is 0.493 e. The summed E-state index contributed by atoms with van der Waals surface area (Å²) in [5.41, 5.74) is 1.06. The van der Waals surface area contributed by atoms with E-state index in [1.54, 1.807) is 12.1 Å². The predicted molar refractivity (Wildman–Crippen MR) is 114 cm³/mol. The van der Waals surface area contributed by atoms with Gasteiger partial charge in [0.25, 0.3) is 5.91 Å². The summed E-state index contributed by atoms with van der Waals surface area (Å²) in [5, 5.41) is 0.429. The van der Waals surface area contributed by atoms with Crippen LogP contribution in [0, 0.1) is 0 Å². The molecule has 1 fully saturated rings. The highest BCUT2D eigenvalue weighted by Crippen LogP contribution is 2.38. The van der Waals surface area contributed by atoms with E-state index in [-0.39, 0.29) is 5.91 Å². The molecule has 8 heteroatoms. The number of thiocarbonyl (C=S) groups is 1. The summed E-state index contributed by atoms with van der Waals surface area (Å²) in [6.45, 7) is 2.40. The lowest BCUT2D eigenvalue weighted by atomic mass is 10.1. The predicted octanol–water partition coefficient (Wildman–Crippen LogP) is 2.98. The maximum Gasteiger partial charge on any atom is 0.264 e. The topological polar surface area (TPSA) is 60.5 Å². The van der Waals surface area contributed by atoms with Crippen LogP contribution in [0.2, 0.25) is 0 Å². The average molecular weight is 416 g/mol. The molecule has 1 aliphatic rings. The summed E-state index contributed by atoms with van der Waals surface area (Å²) in [7, 11) is 4.55. The van der Waals surface area contributed by atoms with Gasteiger partial charge in [0.15, 0.2) is 16.6 Å². The summed E-state index contributed by atoms with van der Waals surface area (Å²) >= 11 is 5.71. The average Bonchev–Trinajstić information content (AvgIpc) is 2.79. The van der Waals surface area contributed by atoms with Gasteiger partial charge in [-0.2, -0.15) is 0 Å². The Hall–Kier alpha value is -2.84. The third-order valence-electron chi connectivity index (χ3n) is 4.60. The van der Waals surface area contributed by atoms with Crippen molar-refractivity contribution in [2.24, 2.45) is 0 Å². The highest BCUT2D eigenvalue weighted by molar-refractivity contribution is 7.80. The van der Waals surface area contributed by atoms with Gasteiger partial charge < -0.3 is 23.8 Å². The molecule has 3 rings (SSSR count).